The summed E-state index contributed by atoms with van der Waals surface area (Å²) in [4.78, 5) is 23.6. The Hall–Kier alpha value is -1.09. The van der Waals surface area contributed by atoms with Crippen molar-refractivity contribution in [1.82, 2.24) is 21.5 Å². The Bertz CT molecular complexity index is 463. The minimum Gasteiger partial charge on any atom is -0.384 e. The SMILES string of the molecule is NC(=O)C1CCC2NC(CSC3NCNN3)=CC(=O)C2C1. The molecule has 0 bridgehead atoms. The molecule has 8 heteroatoms. The Labute approximate surface area is 127 Å². The van der Waals surface area contributed by atoms with Crippen LogP contribution in [0.1, 0.15) is 19.3 Å². The van der Waals surface area contributed by atoms with Gasteiger partial charge >= 0.3 is 0 Å². The van der Waals surface area contributed by atoms with Crippen molar-refractivity contribution in [2.45, 2.75) is 30.8 Å². The zero-order valence-corrected chi connectivity index (χ0v) is 12.5. The van der Waals surface area contributed by atoms with E-state index in [0.717, 1.165) is 31.0 Å². The van der Waals surface area contributed by atoms with Crippen LogP contribution in [0.25, 0.3) is 0 Å². The standard InChI is InChI=1S/C13H21N5O2S/c14-12(20)7-1-2-10-9(3-7)11(19)4-8(17-10)5-21-13-15-6-16-18-13/h4,7,9-10,13,15-18H,1-3,5-6H2,(H2,14,20). The number of hydrogen-bond donors (Lipinski definition) is 5. The fourth-order valence-corrected chi connectivity index (χ4v) is 4.05. The smallest absolute Gasteiger partial charge is 0.220 e. The maximum absolute atomic E-state index is 12.3. The van der Waals surface area contributed by atoms with Crippen molar-refractivity contribution in [1.29, 1.82) is 0 Å². The fourth-order valence-electron chi connectivity index (χ4n) is 3.17. The lowest BCUT2D eigenvalue weighted by Gasteiger charge is -2.38. The average Bonchev–Trinajstić information content (AvgIpc) is 2.98. The van der Waals surface area contributed by atoms with Crippen LogP contribution in [0.15, 0.2) is 11.8 Å². The molecule has 1 saturated carbocycles. The summed E-state index contributed by atoms with van der Waals surface area (Å²) < 4.78 is 0. The van der Waals surface area contributed by atoms with Crippen molar-refractivity contribution in [2.24, 2.45) is 17.6 Å². The molecule has 2 aliphatic heterocycles. The number of thioether (sulfide) groups is 1. The van der Waals surface area contributed by atoms with Crippen LogP contribution in [0.5, 0.6) is 0 Å². The molecule has 0 spiro atoms. The van der Waals surface area contributed by atoms with Crippen molar-refractivity contribution >= 4 is 23.5 Å². The zero-order chi connectivity index (χ0) is 14.8. The third-order valence-electron chi connectivity index (χ3n) is 4.32. The monoisotopic (exact) mass is 311 g/mol. The number of rotatable bonds is 4. The molecule has 1 amide bonds. The number of nitrogens with two attached hydrogens (primary N) is 1. The average molecular weight is 311 g/mol. The molecule has 116 valence electrons. The summed E-state index contributed by atoms with van der Waals surface area (Å²) in [6.45, 7) is 0.738. The molecule has 1 aliphatic carbocycles. The maximum Gasteiger partial charge on any atom is 0.220 e. The van der Waals surface area contributed by atoms with Crippen LogP contribution in [0.3, 0.4) is 0 Å². The molecule has 21 heavy (non-hydrogen) atoms. The zero-order valence-electron chi connectivity index (χ0n) is 11.7. The summed E-state index contributed by atoms with van der Waals surface area (Å²) >= 11 is 1.70. The van der Waals surface area contributed by atoms with Crippen LogP contribution in [-0.2, 0) is 9.59 Å². The van der Waals surface area contributed by atoms with Gasteiger partial charge < -0.3 is 11.1 Å². The number of nitrogens with one attached hydrogen (secondary N) is 4. The van der Waals surface area contributed by atoms with E-state index in [-0.39, 0.29) is 35.1 Å². The molecule has 1 saturated heterocycles. The molecular formula is C13H21N5O2S. The number of ketones is 1. The predicted molar refractivity (Wildman–Crippen MR) is 80.6 cm³/mol. The Morgan fingerprint density at radius 3 is 3.00 bits per heavy atom. The summed E-state index contributed by atoms with van der Waals surface area (Å²) in [6, 6.07) is 0.149. The van der Waals surface area contributed by atoms with Crippen molar-refractivity contribution in [3.8, 4) is 0 Å². The second-order valence-corrected chi connectivity index (χ2v) is 6.83. The second kappa shape index (κ2) is 6.35. The van der Waals surface area contributed by atoms with Crippen LogP contribution in [0.4, 0.5) is 0 Å². The molecule has 0 radical (unpaired) electrons. The highest BCUT2D eigenvalue weighted by atomic mass is 32.2. The van der Waals surface area contributed by atoms with Crippen LogP contribution in [0, 0.1) is 11.8 Å². The highest BCUT2D eigenvalue weighted by Crippen LogP contribution is 2.33. The van der Waals surface area contributed by atoms with E-state index in [2.05, 4.69) is 21.5 Å². The number of carbonyl (C=O) groups excluding carboxylic acids is 2. The number of carbonyl (C=O) groups is 2. The number of allylic oxidation sites excluding steroid dienone is 1. The molecule has 4 atom stereocenters. The largest absolute Gasteiger partial charge is 0.384 e. The molecule has 3 rings (SSSR count). The van der Waals surface area contributed by atoms with E-state index in [1.807, 2.05) is 0 Å². The third kappa shape index (κ3) is 3.39. The molecule has 4 unspecified atom stereocenters. The highest BCUT2D eigenvalue weighted by Gasteiger charge is 2.38. The minimum atomic E-state index is -0.280. The summed E-state index contributed by atoms with van der Waals surface area (Å²) in [5, 5.41) is 6.69. The number of fused-ring (bicyclic) bond motifs is 1. The van der Waals surface area contributed by atoms with Gasteiger partial charge in [-0.2, -0.15) is 0 Å². The van der Waals surface area contributed by atoms with Crippen molar-refractivity contribution < 1.29 is 9.59 Å². The van der Waals surface area contributed by atoms with Gasteiger partial charge in [-0.15, -0.1) is 11.8 Å². The predicted octanol–water partition coefficient (Wildman–Crippen LogP) is -1.02. The second-order valence-electron chi connectivity index (χ2n) is 5.73. The van der Waals surface area contributed by atoms with E-state index in [1.165, 1.54) is 0 Å². The number of hydrogen-bond acceptors (Lipinski definition) is 7. The van der Waals surface area contributed by atoms with Crippen LogP contribution < -0.4 is 27.2 Å². The molecular weight excluding hydrogens is 290 g/mol. The van der Waals surface area contributed by atoms with Gasteiger partial charge in [0.05, 0.1) is 6.67 Å². The lowest BCUT2D eigenvalue weighted by molar-refractivity contribution is -0.126. The van der Waals surface area contributed by atoms with Crippen molar-refractivity contribution in [3.63, 3.8) is 0 Å². The first-order chi connectivity index (χ1) is 10.1. The van der Waals surface area contributed by atoms with Gasteiger partial charge in [-0.25, -0.2) is 10.9 Å². The molecule has 0 aromatic carbocycles. The topological polar surface area (TPSA) is 108 Å². The van der Waals surface area contributed by atoms with Gasteiger partial charge in [-0.1, -0.05) is 0 Å². The van der Waals surface area contributed by atoms with Crippen LogP contribution >= 0.6 is 11.8 Å². The van der Waals surface area contributed by atoms with E-state index in [0.29, 0.717) is 6.42 Å². The van der Waals surface area contributed by atoms with Gasteiger partial charge in [0.1, 0.15) is 5.50 Å². The third-order valence-corrected chi connectivity index (χ3v) is 5.42. The number of amides is 1. The summed E-state index contributed by atoms with van der Waals surface area (Å²) in [5.74, 6) is 0.345. The first-order valence-corrected chi connectivity index (χ1v) is 8.32. The first kappa shape index (κ1) is 14.8. The lowest BCUT2D eigenvalue weighted by Crippen LogP contribution is -2.49. The van der Waals surface area contributed by atoms with Crippen LogP contribution in [0.2, 0.25) is 0 Å². The van der Waals surface area contributed by atoms with Crippen LogP contribution in [-0.4, -0.2) is 35.7 Å². The van der Waals surface area contributed by atoms with Gasteiger partial charge in [0.25, 0.3) is 0 Å². The van der Waals surface area contributed by atoms with E-state index >= 15 is 0 Å². The van der Waals surface area contributed by atoms with E-state index < -0.39 is 0 Å². The summed E-state index contributed by atoms with van der Waals surface area (Å²) in [6.07, 6.45) is 3.87. The quantitative estimate of drug-likeness (QED) is 0.452. The highest BCUT2D eigenvalue weighted by molar-refractivity contribution is 8.00. The number of hydrazine groups is 1. The molecule has 6 N–H and O–H groups in total. The van der Waals surface area contributed by atoms with Gasteiger partial charge in [0.15, 0.2) is 5.78 Å². The Kier molecular flexibility index (Phi) is 4.48. The van der Waals surface area contributed by atoms with Gasteiger partial charge in [-0.3, -0.25) is 14.9 Å². The Morgan fingerprint density at radius 1 is 1.43 bits per heavy atom. The van der Waals surface area contributed by atoms with Gasteiger partial charge in [0, 0.05) is 35.4 Å². The fraction of sp³-hybridized carbons (Fsp3) is 0.692. The van der Waals surface area contributed by atoms with E-state index in [1.54, 1.807) is 17.8 Å². The van der Waals surface area contributed by atoms with E-state index in [9.17, 15) is 9.59 Å². The first-order valence-electron chi connectivity index (χ1n) is 7.27. The molecule has 0 aromatic heterocycles. The van der Waals surface area contributed by atoms with Crippen molar-refractivity contribution in [3.05, 3.63) is 11.8 Å². The normalized spacial score (nSPS) is 35.8. The molecule has 3 aliphatic rings. The number of primary amides is 1. The summed E-state index contributed by atoms with van der Waals surface area (Å²) in [7, 11) is 0. The Balaban J connectivity index is 1.58. The maximum atomic E-state index is 12.3. The molecule has 2 fully saturated rings. The lowest BCUT2D eigenvalue weighted by atomic mass is 9.74. The van der Waals surface area contributed by atoms with Gasteiger partial charge in [-0.05, 0) is 19.3 Å². The van der Waals surface area contributed by atoms with Gasteiger partial charge in [0.2, 0.25) is 5.91 Å². The Morgan fingerprint density at radius 2 is 2.29 bits per heavy atom. The molecule has 7 nitrogen and oxygen atoms in total. The summed E-state index contributed by atoms with van der Waals surface area (Å²) in [5.41, 5.74) is 12.6. The molecule has 2 heterocycles. The minimum absolute atomic E-state index is 0.102. The van der Waals surface area contributed by atoms with Crippen molar-refractivity contribution in [2.75, 3.05) is 12.4 Å². The van der Waals surface area contributed by atoms with E-state index in [4.69, 9.17) is 5.73 Å². The molecule has 0 aromatic rings.